The van der Waals surface area contributed by atoms with E-state index in [-0.39, 0.29) is 5.91 Å². The number of nitrogens with zero attached hydrogens (tertiary/aromatic N) is 2. The molecule has 2 N–H and O–H groups in total. The highest BCUT2D eigenvalue weighted by Crippen LogP contribution is 2.38. The van der Waals surface area contributed by atoms with Gasteiger partial charge in [0.2, 0.25) is 0 Å². The third kappa shape index (κ3) is 2.34. The van der Waals surface area contributed by atoms with E-state index in [0.717, 1.165) is 22.0 Å². The van der Waals surface area contributed by atoms with Gasteiger partial charge in [0.25, 0.3) is 5.91 Å². The Morgan fingerprint density at radius 1 is 1.12 bits per heavy atom. The molecule has 0 unspecified atom stereocenters. The van der Waals surface area contributed by atoms with E-state index in [1.54, 1.807) is 26.2 Å². The number of hydrogen-bond acceptors (Lipinski definition) is 5. The minimum absolute atomic E-state index is 0.0830. The Morgan fingerprint density at radius 2 is 1.81 bits per heavy atom. The fraction of sp³-hybridized carbons (Fsp3) is 0.200. The van der Waals surface area contributed by atoms with Crippen LogP contribution >= 0.6 is 0 Å². The third-order valence-electron chi connectivity index (χ3n) is 4.74. The van der Waals surface area contributed by atoms with Crippen LogP contribution < -0.4 is 15.2 Å². The number of pyridine rings is 1. The number of fused-ring (bicyclic) bond motifs is 2. The molecule has 0 aliphatic carbocycles. The number of benzene rings is 2. The average molecular weight is 349 g/mol. The van der Waals surface area contributed by atoms with Crippen LogP contribution in [0.15, 0.2) is 36.4 Å². The van der Waals surface area contributed by atoms with Gasteiger partial charge in [-0.3, -0.25) is 4.79 Å². The fourth-order valence-electron chi connectivity index (χ4n) is 3.40. The summed E-state index contributed by atoms with van der Waals surface area (Å²) in [5, 5.41) is 0.770. The predicted octanol–water partition coefficient (Wildman–Crippen LogP) is 3.09. The summed E-state index contributed by atoms with van der Waals surface area (Å²) in [5.74, 6) is 1.31. The number of nitrogens with two attached hydrogens (primary N) is 1. The van der Waals surface area contributed by atoms with Crippen molar-refractivity contribution in [3.63, 3.8) is 0 Å². The Kier molecular flexibility index (Phi) is 3.68. The molecule has 3 aromatic rings. The predicted molar refractivity (Wildman–Crippen MR) is 100 cm³/mol. The first-order valence-electron chi connectivity index (χ1n) is 8.23. The maximum Gasteiger partial charge on any atom is 0.258 e. The minimum atomic E-state index is -0.0830. The van der Waals surface area contributed by atoms with E-state index in [2.05, 4.69) is 0 Å². The molecule has 0 atom stereocenters. The number of rotatable bonds is 3. The maximum absolute atomic E-state index is 12.4. The third-order valence-corrected chi connectivity index (χ3v) is 4.74. The molecular formula is C20H19N3O3. The molecule has 132 valence electrons. The van der Waals surface area contributed by atoms with Gasteiger partial charge in [0.1, 0.15) is 11.5 Å². The molecule has 6 heteroatoms. The SMILES string of the molecule is COc1cc(OC)cc(-c2cccc3c(N)c4c(nc23)CN(C)C4=O)c1. The van der Waals surface area contributed by atoms with Gasteiger partial charge in [-0.1, -0.05) is 18.2 Å². The highest BCUT2D eigenvalue weighted by atomic mass is 16.5. The van der Waals surface area contributed by atoms with Crippen LogP contribution in [-0.4, -0.2) is 37.1 Å². The van der Waals surface area contributed by atoms with E-state index < -0.39 is 0 Å². The number of ether oxygens (including phenoxy) is 2. The lowest BCUT2D eigenvalue weighted by Crippen LogP contribution is -2.18. The van der Waals surface area contributed by atoms with Crippen molar-refractivity contribution in [3.05, 3.63) is 47.7 Å². The van der Waals surface area contributed by atoms with Gasteiger partial charge in [0.05, 0.1) is 43.2 Å². The van der Waals surface area contributed by atoms with Gasteiger partial charge in [0.15, 0.2) is 0 Å². The van der Waals surface area contributed by atoms with Crippen molar-refractivity contribution in [1.82, 2.24) is 9.88 Å². The Bertz CT molecular complexity index is 1020. The zero-order valence-electron chi connectivity index (χ0n) is 14.9. The number of carbonyl (C=O) groups excluding carboxylic acids is 1. The summed E-state index contributed by atoms with van der Waals surface area (Å²) in [6, 6.07) is 11.5. The molecule has 2 heterocycles. The Balaban J connectivity index is 2.00. The zero-order chi connectivity index (χ0) is 18.4. The molecule has 1 aliphatic rings. The first kappa shape index (κ1) is 16.2. The second-order valence-electron chi connectivity index (χ2n) is 6.31. The van der Waals surface area contributed by atoms with E-state index in [1.807, 2.05) is 36.4 Å². The van der Waals surface area contributed by atoms with Crippen molar-refractivity contribution in [1.29, 1.82) is 0 Å². The molecule has 6 nitrogen and oxygen atoms in total. The van der Waals surface area contributed by atoms with Crippen LogP contribution in [-0.2, 0) is 6.54 Å². The molecule has 1 aromatic heterocycles. The van der Waals surface area contributed by atoms with Crippen LogP contribution in [0.25, 0.3) is 22.0 Å². The Morgan fingerprint density at radius 3 is 2.46 bits per heavy atom. The fourth-order valence-corrected chi connectivity index (χ4v) is 3.40. The minimum Gasteiger partial charge on any atom is -0.497 e. The van der Waals surface area contributed by atoms with Gasteiger partial charge in [0, 0.05) is 24.1 Å². The quantitative estimate of drug-likeness (QED) is 0.786. The molecule has 1 amide bonds. The number of hydrogen-bond donors (Lipinski definition) is 1. The van der Waals surface area contributed by atoms with Gasteiger partial charge in [-0.2, -0.15) is 0 Å². The lowest BCUT2D eigenvalue weighted by atomic mass is 9.98. The highest BCUT2D eigenvalue weighted by Gasteiger charge is 2.30. The van der Waals surface area contributed by atoms with Gasteiger partial charge in [-0.15, -0.1) is 0 Å². The average Bonchev–Trinajstić information content (AvgIpc) is 2.95. The smallest absolute Gasteiger partial charge is 0.258 e. The molecule has 0 bridgehead atoms. The molecule has 0 radical (unpaired) electrons. The normalized spacial score (nSPS) is 13.2. The summed E-state index contributed by atoms with van der Waals surface area (Å²) in [4.78, 5) is 18.8. The molecule has 26 heavy (non-hydrogen) atoms. The standard InChI is InChI=1S/C20H19N3O3/c1-23-10-16-17(20(23)24)18(21)15-6-4-5-14(19(15)22-16)11-7-12(25-2)9-13(8-11)26-3/h4-9H,10H2,1-3H3,(H2,21,22). The van der Waals surface area contributed by atoms with Gasteiger partial charge < -0.3 is 20.1 Å². The van der Waals surface area contributed by atoms with Crippen LogP contribution in [0, 0.1) is 0 Å². The monoisotopic (exact) mass is 349 g/mol. The molecule has 2 aromatic carbocycles. The van der Waals surface area contributed by atoms with E-state index >= 15 is 0 Å². The van der Waals surface area contributed by atoms with Crippen LogP contribution in [0.4, 0.5) is 5.69 Å². The number of nitrogen functional groups attached to an aromatic ring is 1. The number of methoxy groups -OCH3 is 2. The number of para-hydroxylation sites is 1. The topological polar surface area (TPSA) is 77.7 Å². The molecule has 1 aliphatic heterocycles. The molecule has 0 saturated heterocycles. The van der Waals surface area contributed by atoms with E-state index in [1.165, 1.54) is 0 Å². The molecular weight excluding hydrogens is 330 g/mol. The van der Waals surface area contributed by atoms with Crippen LogP contribution in [0.5, 0.6) is 11.5 Å². The summed E-state index contributed by atoms with van der Waals surface area (Å²) in [5.41, 5.74) is 10.6. The molecule has 0 fully saturated rings. The molecule has 0 saturated carbocycles. The van der Waals surface area contributed by atoms with Crippen molar-refractivity contribution >= 4 is 22.5 Å². The summed E-state index contributed by atoms with van der Waals surface area (Å²) in [6.07, 6.45) is 0. The second-order valence-corrected chi connectivity index (χ2v) is 6.31. The number of carbonyl (C=O) groups is 1. The maximum atomic E-state index is 12.4. The van der Waals surface area contributed by atoms with E-state index in [0.29, 0.717) is 35.0 Å². The van der Waals surface area contributed by atoms with E-state index in [9.17, 15) is 4.79 Å². The number of aromatic nitrogens is 1. The first-order valence-corrected chi connectivity index (χ1v) is 8.23. The first-order chi connectivity index (χ1) is 12.5. The Labute approximate surface area is 151 Å². The largest absolute Gasteiger partial charge is 0.497 e. The Hall–Kier alpha value is -3.28. The number of amides is 1. The van der Waals surface area contributed by atoms with Gasteiger partial charge in [-0.05, 0) is 17.7 Å². The van der Waals surface area contributed by atoms with Crippen LogP contribution in [0.2, 0.25) is 0 Å². The lowest BCUT2D eigenvalue weighted by molar-refractivity contribution is 0.0817. The van der Waals surface area contributed by atoms with E-state index in [4.69, 9.17) is 20.2 Å². The van der Waals surface area contributed by atoms with Crippen molar-refractivity contribution in [2.24, 2.45) is 0 Å². The summed E-state index contributed by atoms with van der Waals surface area (Å²) in [7, 11) is 4.99. The van der Waals surface area contributed by atoms with Crippen LogP contribution in [0.3, 0.4) is 0 Å². The lowest BCUT2D eigenvalue weighted by Gasteiger charge is -2.13. The summed E-state index contributed by atoms with van der Waals surface area (Å²) in [6.45, 7) is 0.462. The van der Waals surface area contributed by atoms with Crippen molar-refractivity contribution in [2.45, 2.75) is 6.54 Å². The van der Waals surface area contributed by atoms with Gasteiger partial charge in [-0.25, -0.2) is 4.98 Å². The highest BCUT2D eigenvalue weighted by molar-refractivity contribution is 6.11. The second kappa shape index (κ2) is 5.91. The van der Waals surface area contributed by atoms with Crippen molar-refractivity contribution in [3.8, 4) is 22.6 Å². The molecule has 0 spiro atoms. The zero-order valence-corrected chi connectivity index (χ0v) is 14.9. The summed E-state index contributed by atoms with van der Waals surface area (Å²) < 4.78 is 10.8. The van der Waals surface area contributed by atoms with Gasteiger partial charge >= 0.3 is 0 Å². The molecule has 4 rings (SSSR count). The number of anilines is 1. The van der Waals surface area contributed by atoms with Crippen molar-refractivity contribution in [2.75, 3.05) is 27.0 Å². The summed E-state index contributed by atoms with van der Waals surface area (Å²) >= 11 is 0. The van der Waals surface area contributed by atoms with Crippen LogP contribution in [0.1, 0.15) is 16.1 Å². The van der Waals surface area contributed by atoms with Crippen molar-refractivity contribution < 1.29 is 14.3 Å².